The summed E-state index contributed by atoms with van der Waals surface area (Å²) in [6.07, 6.45) is 0. The van der Waals surface area contributed by atoms with Gasteiger partial charge in [0.1, 0.15) is 0 Å². The van der Waals surface area contributed by atoms with Crippen LogP contribution < -0.4 is 5.73 Å². The summed E-state index contributed by atoms with van der Waals surface area (Å²) in [7, 11) is 0. The van der Waals surface area contributed by atoms with E-state index >= 15 is 0 Å². The second-order valence-corrected chi connectivity index (χ2v) is 4.94. The van der Waals surface area contributed by atoms with Crippen molar-refractivity contribution in [2.45, 2.75) is 29.8 Å². The van der Waals surface area contributed by atoms with Crippen molar-refractivity contribution in [3.8, 4) is 0 Å². The van der Waals surface area contributed by atoms with Crippen LogP contribution in [0.4, 0.5) is 13.2 Å². The molecule has 15 heavy (non-hydrogen) atoms. The van der Waals surface area contributed by atoms with Gasteiger partial charge in [-0.15, -0.1) is 0 Å². The lowest BCUT2D eigenvalue weighted by Gasteiger charge is -2.19. The fraction of sp³-hybridized carbons (Fsp3) is 0.400. The molecule has 0 aliphatic heterocycles. The van der Waals surface area contributed by atoms with E-state index in [0.29, 0.717) is 5.56 Å². The average molecular weight is 235 g/mol. The van der Waals surface area contributed by atoms with E-state index in [9.17, 15) is 13.2 Å². The first-order valence-electron chi connectivity index (χ1n) is 4.34. The summed E-state index contributed by atoms with van der Waals surface area (Å²) in [5, 5.41) is 0. The highest BCUT2D eigenvalue weighted by Crippen LogP contribution is 2.37. The number of alkyl halides is 3. The van der Waals surface area contributed by atoms with Crippen molar-refractivity contribution in [2.24, 2.45) is 5.73 Å². The highest BCUT2D eigenvalue weighted by Gasteiger charge is 2.29. The first kappa shape index (κ1) is 12.4. The summed E-state index contributed by atoms with van der Waals surface area (Å²) in [5.74, 6) is 0. The molecule has 0 spiro atoms. The van der Waals surface area contributed by atoms with Gasteiger partial charge in [0.05, 0.1) is 0 Å². The van der Waals surface area contributed by atoms with Gasteiger partial charge in [0.15, 0.2) is 0 Å². The van der Waals surface area contributed by atoms with Crippen LogP contribution in [0.5, 0.6) is 0 Å². The zero-order valence-electron chi connectivity index (χ0n) is 8.43. The largest absolute Gasteiger partial charge is 0.446 e. The molecule has 0 aliphatic carbocycles. The molecule has 0 saturated carbocycles. The van der Waals surface area contributed by atoms with Gasteiger partial charge in [0.25, 0.3) is 0 Å². The summed E-state index contributed by atoms with van der Waals surface area (Å²) in [5.41, 5.74) is 1.61. The van der Waals surface area contributed by atoms with Crippen LogP contribution in [0.25, 0.3) is 0 Å². The third-order valence-electron chi connectivity index (χ3n) is 1.81. The molecule has 0 aliphatic rings. The quantitative estimate of drug-likeness (QED) is 0.794. The third kappa shape index (κ3) is 4.13. The molecule has 0 heterocycles. The topological polar surface area (TPSA) is 26.0 Å². The monoisotopic (exact) mass is 235 g/mol. The number of halogens is 3. The van der Waals surface area contributed by atoms with E-state index in [1.165, 1.54) is 12.1 Å². The predicted octanol–water partition coefficient (Wildman–Crippen LogP) is 3.49. The molecule has 1 rings (SSSR count). The zero-order valence-corrected chi connectivity index (χ0v) is 9.25. The summed E-state index contributed by atoms with van der Waals surface area (Å²) < 4.78 is 36.3. The molecule has 0 atom stereocenters. The second kappa shape index (κ2) is 4.06. The summed E-state index contributed by atoms with van der Waals surface area (Å²) in [6, 6.07) is 6.20. The Balaban J connectivity index is 2.94. The molecule has 5 heteroatoms. The Bertz CT molecular complexity index is 341. The number of hydrogen-bond acceptors (Lipinski definition) is 2. The molecular formula is C10H12F3NS. The Morgan fingerprint density at radius 2 is 1.80 bits per heavy atom. The van der Waals surface area contributed by atoms with Crippen LogP contribution in [0, 0.1) is 0 Å². The van der Waals surface area contributed by atoms with Gasteiger partial charge in [-0.05, 0) is 43.3 Å². The van der Waals surface area contributed by atoms with Crippen molar-refractivity contribution >= 4 is 11.8 Å². The number of benzene rings is 1. The van der Waals surface area contributed by atoms with E-state index < -0.39 is 11.0 Å². The Morgan fingerprint density at radius 1 is 1.20 bits per heavy atom. The van der Waals surface area contributed by atoms with E-state index in [2.05, 4.69) is 0 Å². The van der Waals surface area contributed by atoms with E-state index in [-0.39, 0.29) is 16.7 Å². The maximum Gasteiger partial charge on any atom is 0.446 e. The van der Waals surface area contributed by atoms with Gasteiger partial charge < -0.3 is 5.73 Å². The van der Waals surface area contributed by atoms with Crippen LogP contribution in [0.1, 0.15) is 19.4 Å². The fourth-order valence-electron chi connectivity index (χ4n) is 1.09. The minimum absolute atomic E-state index is 0.125. The molecule has 0 aromatic heterocycles. The van der Waals surface area contributed by atoms with Crippen LogP contribution in [-0.4, -0.2) is 5.51 Å². The minimum atomic E-state index is -4.25. The highest BCUT2D eigenvalue weighted by molar-refractivity contribution is 8.00. The number of rotatable bonds is 2. The van der Waals surface area contributed by atoms with Crippen LogP contribution in [-0.2, 0) is 5.54 Å². The fourth-order valence-corrected chi connectivity index (χ4v) is 1.69. The Labute approximate surface area is 90.9 Å². The normalized spacial score (nSPS) is 12.9. The van der Waals surface area contributed by atoms with Gasteiger partial charge in [0.2, 0.25) is 0 Å². The van der Waals surface area contributed by atoms with Crippen LogP contribution in [0.15, 0.2) is 29.2 Å². The molecule has 1 nitrogen and oxygen atoms in total. The van der Waals surface area contributed by atoms with Crippen molar-refractivity contribution in [1.82, 2.24) is 0 Å². The Kier molecular flexibility index (Phi) is 3.35. The summed E-state index contributed by atoms with van der Waals surface area (Å²) in [4.78, 5) is 0.165. The molecule has 84 valence electrons. The van der Waals surface area contributed by atoms with Crippen LogP contribution in [0.3, 0.4) is 0 Å². The van der Waals surface area contributed by atoms with E-state index in [4.69, 9.17) is 5.73 Å². The molecule has 0 fully saturated rings. The zero-order chi connectivity index (χ0) is 11.7. The van der Waals surface area contributed by atoms with Gasteiger partial charge >= 0.3 is 5.51 Å². The number of hydrogen-bond donors (Lipinski definition) is 1. The van der Waals surface area contributed by atoms with Gasteiger partial charge in [-0.3, -0.25) is 0 Å². The lowest BCUT2D eigenvalue weighted by molar-refractivity contribution is -0.0328. The van der Waals surface area contributed by atoms with E-state index in [1.807, 2.05) is 0 Å². The number of nitrogens with two attached hydrogens (primary N) is 1. The van der Waals surface area contributed by atoms with Crippen molar-refractivity contribution < 1.29 is 13.2 Å². The standard InChI is InChI=1S/C10H12F3NS/c1-9(2,14)7-4-3-5-8(6-7)15-10(11,12)13/h3-6H,14H2,1-2H3. The van der Waals surface area contributed by atoms with Crippen molar-refractivity contribution in [1.29, 1.82) is 0 Å². The maximum absolute atomic E-state index is 12.1. The highest BCUT2D eigenvalue weighted by atomic mass is 32.2. The number of thioether (sulfide) groups is 1. The SMILES string of the molecule is CC(C)(N)c1cccc(SC(F)(F)F)c1. The third-order valence-corrected chi connectivity index (χ3v) is 2.53. The molecule has 0 saturated heterocycles. The molecule has 0 unspecified atom stereocenters. The predicted molar refractivity (Wildman–Crippen MR) is 55.6 cm³/mol. The average Bonchev–Trinajstić information content (AvgIpc) is 1.99. The molecule has 1 aromatic carbocycles. The molecule has 1 aromatic rings. The maximum atomic E-state index is 12.1. The summed E-state index contributed by atoms with van der Waals surface area (Å²) >= 11 is -0.125. The Morgan fingerprint density at radius 3 is 2.27 bits per heavy atom. The first-order valence-corrected chi connectivity index (χ1v) is 5.15. The smallest absolute Gasteiger partial charge is 0.322 e. The van der Waals surface area contributed by atoms with Crippen molar-refractivity contribution in [2.75, 3.05) is 0 Å². The van der Waals surface area contributed by atoms with Crippen molar-refractivity contribution in [3.63, 3.8) is 0 Å². The van der Waals surface area contributed by atoms with Gasteiger partial charge in [0, 0.05) is 10.4 Å². The van der Waals surface area contributed by atoms with E-state index in [1.54, 1.807) is 26.0 Å². The van der Waals surface area contributed by atoms with Crippen LogP contribution >= 0.6 is 11.8 Å². The lowest BCUT2D eigenvalue weighted by Crippen LogP contribution is -2.28. The van der Waals surface area contributed by atoms with Crippen LogP contribution in [0.2, 0.25) is 0 Å². The Hall–Kier alpha value is -0.680. The van der Waals surface area contributed by atoms with Gasteiger partial charge in [-0.2, -0.15) is 13.2 Å². The van der Waals surface area contributed by atoms with Gasteiger partial charge in [-0.1, -0.05) is 12.1 Å². The van der Waals surface area contributed by atoms with E-state index in [0.717, 1.165) is 0 Å². The first-order chi connectivity index (χ1) is 6.68. The molecule has 0 radical (unpaired) electrons. The molecular weight excluding hydrogens is 223 g/mol. The lowest BCUT2D eigenvalue weighted by atomic mass is 9.96. The summed E-state index contributed by atoms with van der Waals surface area (Å²) in [6.45, 7) is 3.51. The molecule has 0 amide bonds. The second-order valence-electron chi connectivity index (χ2n) is 3.80. The van der Waals surface area contributed by atoms with Gasteiger partial charge in [-0.25, -0.2) is 0 Å². The molecule has 2 N–H and O–H groups in total. The molecule has 0 bridgehead atoms. The van der Waals surface area contributed by atoms with Crippen molar-refractivity contribution in [3.05, 3.63) is 29.8 Å². The minimum Gasteiger partial charge on any atom is -0.322 e.